The van der Waals surface area contributed by atoms with Gasteiger partial charge < -0.3 is 20.3 Å². The van der Waals surface area contributed by atoms with Gasteiger partial charge in [-0.3, -0.25) is 0 Å². The van der Waals surface area contributed by atoms with Crippen LogP contribution in [-0.4, -0.2) is 40.8 Å². The van der Waals surface area contributed by atoms with Gasteiger partial charge in [0.2, 0.25) is 0 Å². The van der Waals surface area contributed by atoms with Gasteiger partial charge in [-0.1, -0.05) is 0 Å². The van der Waals surface area contributed by atoms with E-state index in [4.69, 9.17) is 24.5 Å². The van der Waals surface area contributed by atoms with Crippen molar-refractivity contribution in [2.45, 2.75) is 26.3 Å². The van der Waals surface area contributed by atoms with Gasteiger partial charge in [0.05, 0.1) is 0 Å². The zero-order chi connectivity index (χ0) is 16.5. The first kappa shape index (κ1) is 18.9. The van der Waals surface area contributed by atoms with E-state index in [1.54, 1.807) is 12.1 Å². The molecular formula is C14H20FNO5. The normalized spacial score (nSPS) is 10.3. The fraction of sp³-hybridized carbons (Fsp3) is 0.429. The molecule has 0 aromatic heterocycles. The fourth-order valence-corrected chi connectivity index (χ4v) is 1.13. The number of aliphatic carboxylic acids is 2. The van der Waals surface area contributed by atoms with E-state index in [0.717, 1.165) is 6.54 Å². The average molecular weight is 301 g/mol. The monoisotopic (exact) mass is 301 g/mol. The summed E-state index contributed by atoms with van der Waals surface area (Å²) in [5.41, 5.74) is 0.103. The first-order valence-corrected chi connectivity index (χ1v) is 6.21. The van der Waals surface area contributed by atoms with Gasteiger partial charge in [0, 0.05) is 12.1 Å². The third-order valence-corrected chi connectivity index (χ3v) is 2.02. The molecule has 1 rings (SSSR count). The molecule has 0 radical (unpaired) electrons. The van der Waals surface area contributed by atoms with Gasteiger partial charge in [0.1, 0.15) is 18.2 Å². The maximum atomic E-state index is 12.6. The second-order valence-electron chi connectivity index (χ2n) is 5.09. The number of rotatable bonds is 4. The first-order chi connectivity index (χ1) is 9.61. The fourth-order valence-electron chi connectivity index (χ4n) is 1.13. The lowest BCUT2D eigenvalue weighted by Gasteiger charge is -2.20. The predicted molar refractivity (Wildman–Crippen MR) is 74.9 cm³/mol. The lowest BCUT2D eigenvalue weighted by Crippen LogP contribution is -2.38. The first-order valence-electron chi connectivity index (χ1n) is 6.21. The molecule has 118 valence electrons. The van der Waals surface area contributed by atoms with Gasteiger partial charge in [-0.2, -0.15) is 0 Å². The van der Waals surface area contributed by atoms with Crippen molar-refractivity contribution in [1.82, 2.24) is 5.32 Å². The van der Waals surface area contributed by atoms with Crippen molar-refractivity contribution in [3.8, 4) is 5.75 Å². The summed E-state index contributed by atoms with van der Waals surface area (Å²) in [6.07, 6.45) is 0. The van der Waals surface area contributed by atoms with E-state index in [9.17, 15) is 4.39 Å². The predicted octanol–water partition coefficient (Wildman–Crippen LogP) is 1.75. The standard InChI is InChI=1S/C12H18FNO.C2H2O4/c1-12(2,3)14-8-9-15-11-6-4-10(13)5-7-11;3-1(4)2(5)6/h4-7,14H,8-9H2,1-3H3;(H,3,4)(H,5,6). The number of halogens is 1. The Labute approximate surface area is 122 Å². The molecule has 21 heavy (non-hydrogen) atoms. The number of benzene rings is 1. The zero-order valence-corrected chi connectivity index (χ0v) is 12.2. The summed E-state index contributed by atoms with van der Waals surface area (Å²) >= 11 is 0. The van der Waals surface area contributed by atoms with Crippen LogP contribution in [0, 0.1) is 5.82 Å². The SMILES string of the molecule is CC(C)(C)NCCOc1ccc(F)cc1.O=C(O)C(=O)O. The van der Waals surface area contributed by atoms with Crippen LogP contribution < -0.4 is 10.1 Å². The Hall–Kier alpha value is -2.15. The molecular weight excluding hydrogens is 281 g/mol. The Balaban J connectivity index is 0.000000567. The quantitative estimate of drug-likeness (QED) is 0.579. The number of hydrogen-bond donors (Lipinski definition) is 3. The van der Waals surface area contributed by atoms with Crippen molar-refractivity contribution >= 4 is 11.9 Å². The van der Waals surface area contributed by atoms with Gasteiger partial charge in [-0.05, 0) is 45.0 Å². The molecule has 0 amide bonds. The van der Waals surface area contributed by atoms with Gasteiger partial charge in [0.15, 0.2) is 0 Å². The van der Waals surface area contributed by atoms with E-state index in [2.05, 4.69) is 26.1 Å². The highest BCUT2D eigenvalue weighted by molar-refractivity contribution is 6.27. The van der Waals surface area contributed by atoms with Gasteiger partial charge in [-0.15, -0.1) is 0 Å². The third kappa shape index (κ3) is 11.4. The van der Waals surface area contributed by atoms with E-state index < -0.39 is 11.9 Å². The molecule has 0 fully saturated rings. The lowest BCUT2D eigenvalue weighted by atomic mass is 10.1. The van der Waals surface area contributed by atoms with Crippen LogP contribution in [0.5, 0.6) is 5.75 Å². The molecule has 0 aliphatic rings. The number of carboxylic acid groups (broad SMARTS) is 2. The number of nitrogens with one attached hydrogen (secondary N) is 1. The maximum Gasteiger partial charge on any atom is 0.414 e. The van der Waals surface area contributed by atoms with Gasteiger partial charge >= 0.3 is 11.9 Å². The lowest BCUT2D eigenvalue weighted by molar-refractivity contribution is -0.159. The molecule has 1 aromatic carbocycles. The van der Waals surface area contributed by atoms with Crippen LogP contribution in [0.4, 0.5) is 4.39 Å². The zero-order valence-electron chi connectivity index (χ0n) is 12.2. The van der Waals surface area contributed by atoms with Crippen LogP contribution >= 0.6 is 0 Å². The van der Waals surface area contributed by atoms with Crippen LogP contribution in [-0.2, 0) is 9.59 Å². The van der Waals surface area contributed by atoms with Crippen LogP contribution in [0.15, 0.2) is 24.3 Å². The number of carboxylic acids is 2. The van der Waals surface area contributed by atoms with Crippen molar-refractivity contribution in [3.63, 3.8) is 0 Å². The minimum atomic E-state index is -1.82. The third-order valence-electron chi connectivity index (χ3n) is 2.02. The summed E-state index contributed by atoms with van der Waals surface area (Å²) in [5, 5.41) is 18.1. The topological polar surface area (TPSA) is 95.9 Å². The van der Waals surface area contributed by atoms with Crippen molar-refractivity contribution in [2.24, 2.45) is 0 Å². The van der Waals surface area contributed by atoms with Gasteiger partial charge in [-0.25, -0.2) is 14.0 Å². The number of carbonyl (C=O) groups is 2. The molecule has 0 aliphatic heterocycles. The Morgan fingerprint density at radius 3 is 2.00 bits per heavy atom. The summed E-state index contributed by atoms with van der Waals surface area (Å²) in [6, 6.07) is 6.05. The van der Waals surface area contributed by atoms with Crippen LogP contribution in [0.2, 0.25) is 0 Å². The highest BCUT2D eigenvalue weighted by Gasteiger charge is 2.07. The second-order valence-corrected chi connectivity index (χ2v) is 5.09. The van der Waals surface area contributed by atoms with E-state index in [1.165, 1.54) is 12.1 Å². The summed E-state index contributed by atoms with van der Waals surface area (Å²) in [5.74, 6) is -3.19. The molecule has 1 aromatic rings. The van der Waals surface area contributed by atoms with Gasteiger partial charge in [0.25, 0.3) is 0 Å². The van der Waals surface area contributed by atoms with Crippen LogP contribution in [0.1, 0.15) is 20.8 Å². The van der Waals surface area contributed by atoms with Crippen LogP contribution in [0.25, 0.3) is 0 Å². The Morgan fingerprint density at radius 2 is 1.62 bits per heavy atom. The second kappa shape index (κ2) is 8.91. The van der Waals surface area contributed by atoms with E-state index in [0.29, 0.717) is 12.4 Å². The minimum absolute atomic E-state index is 0.103. The van der Waals surface area contributed by atoms with Crippen molar-refractivity contribution < 1.29 is 28.9 Å². The smallest absolute Gasteiger partial charge is 0.414 e. The van der Waals surface area contributed by atoms with E-state index in [-0.39, 0.29) is 11.4 Å². The Bertz CT molecular complexity index is 441. The summed E-state index contributed by atoms with van der Waals surface area (Å²) in [4.78, 5) is 18.2. The summed E-state index contributed by atoms with van der Waals surface area (Å²) in [6.45, 7) is 7.67. The highest BCUT2D eigenvalue weighted by atomic mass is 19.1. The molecule has 7 heteroatoms. The number of ether oxygens (including phenoxy) is 1. The average Bonchev–Trinajstić information content (AvgIpc) is 2.36. The molecule has 0 bridgehead atoms. The largest absolute Gasteiger partial charge is 0.492 e. The van der Waals surface area contributed by atoms with Crippen molar-refractivity contribution in [2.75, 3.05) is 13.2 Å². The molecule has 0 unspecified atom stereocenters. The molecule has 0 spiro atoms. The molecule has 0 saturated heterocycles. The summed E-state index contributed by atoms with van der Waals surface area (Å²) < 4.78 is 18.0. The maximum absolute atomic E-state index is 12.6. The van der Waals surface area contributed by atoms with Crippen molar-refractivity contribution in [3.05, 3.63) is 30.1 Å². The number of hydrogen-bond acceptors (Lipinski definition) is 4. The van der Waals surface area contributed by atoms with Crippen LogP contribution in [0.3, 0.4) is 0 Å². The minimum Gasteiger partial charge on any atom is -0.492 e. The molecule has 0 atom stereocenters. The molecule has 6 nitrogen and oxygen atoms in total. The molecule has 0 aliphatic carbocycles. The Kier molecular flexibility index (Phi) is 8.00. The highest BCUT2D eigenvalue weighted by Crippen LogP contribution is 2.10. The molecule has 0 saturated carbocycles. The van der Waals surface area contributed by atoms with Crippen molar-refractivity contribution in [1.29, 1.82) is 0 Å². The Morgan fingerprint density at radius 1 is 1.14 bits per heavy atom. The molecule has 0 heterocycles. The molecule has 3 N–H and O–H groups in total. The summed E-state index contributed by atoms with van der Waals surface area (Å²) in [7, 11) is 0. The van der Waals surface area contributed by atoms with E-state index in [1.807, 2.05) is 0 Å². The van der Waals surface area contributed by atoms with E-state index >= 15 is 0 Å².